The molecule has 182 valence electrons. The minimum absolute atomic E-state index is 0.108. The second kappa shape index (κ2) is 10.3. The maximum absolute atomic E-state index is 13.2. The SMILES string of the molecule is O=C(NCCN1CCCC1=O)c1ccc(N2CCC(Oc3ccccc3C(F)(F)F)CC2)nn1. The van der Waals surface area contributed by atoms with E-state index in [4.69, 9.17) is 4.74 Å². The number of ether oxygens (including phenoxy) is 1. The molecule has 11 heteroatoms. The Morgan fingerprint density at radius 3 is 2.50 bits per heavy atom. The summed E-state index contributed by atoms with van der Waals surface area (Å²) in [6.45, 7) is 2.63. The van der Waals surface area contributed by atoms with Crippen molar-refractivity contribution in [2.75, 3.05) is 37.6 Å². The molecule has 8 nitrogen and oxygen atoms in total. The number of halogens is 3. The molecule has 2 aliphatic rings. The molecule has 0 bridgehead atoms. The van der Waals surface area contributed by atoms with Gasteiger partial charge in [0.2, 0.25) is 5.91 Å². The number of para-hydroxylation sites is 1. The molecule has 2 aromatic rings. The Labute approximate surface area is 195 Å². The summed E-state index contributed by atoms with van der Waals surface area (Å²) in [7, 11) is 0. The van der Waals surface area contributed by atoms with Gasteiger partial charge in [-0.25, -0.2) is 0 Å². The first-order valence-corrected chi connectivity index (χ1v) is 11.3. The van der Waals surface area contributed by atoms with Crippen LogP contribution in [0, 0.1) is 0 Å². The van der Waals surface area contributed by atoms with Crippen molar-refractivity contribution < 1.29 is 27.5 Å². The predicted molar refractivity (Wildman–Crippen MR) is 117 cm³/mol. The molecule has 2 aliphatic heterocycles. The third kappa shape index (κ3) is 5.75. The number of hydrogen-bond acceptors (Lipinski definition) is 6. The number of carbonyl (C=O) groups is 2. The molecule has 0 spiro atoms. The number of piperidine rings is 1. The number of hydrogen-bond donors (Lipinski definition) is 1. The average Bonchev–Trinajstić information content (AvgIpc) is 3.24. The lowest BCUT2D eigenvalue weighted by atomic mass is 10.1. The molecule has 0 aliphatic carbocycles. The van der Waals surface area contributed by atoms with Gasteiger partial charge in [0.15, 0.2) is 11.5 Å². The highest BCUT2D eigenvalue weighted by Gasteiger charge is 2.35. The standard InChI is InChI=1S/C23H26F3N5O3/c24-23(25,26)17-4-1-2-5-19(17)34-16-9-13-30(14-10-16)20-8-7-18(28-29-20)22(33)27-11-15-31-12-3-6-21(31)32/h1-2,4-5,7-8,16H,3,6,9-15H2,(H,27,33). The zero-order chi connectivity index (χ0) is 24.1. The van der Waals surface area contributed by atoms with Crippen LogP contribution >= 0.6 is 0 Å². The van der Waals surface area contributed by atoms with Crippen molar-refractivity contribution in [2.24, 2.45) is 0 Å². The fraction of sp³-hybridized carbons (Fsp3) is 0.478. The summed E-state index contributed by atoms with van der Waals surface area (Å²) in [6.07, 6.45) is -2.32. The van der Waals surface area contributed by atoms with Crippen molar-refractivity contribution in [3.63, 3.8) is 0 Å². The van der Waals surface area contributed by atoms with E-state index in [9.17, 15) is 22.8 Å². The van der Waals surface area contributed by atoms with Crippen LogP contribution in [0.4, 0.5) is 19.0 Å². The van der Waals surface area contributed by atoms with Gasteiger partial charge in [0, 0.05) is 52.0 Å². The topological polar surface area (TPSA) is 87.7 Å². The lowest BCUT2D eigenvalue weighted by molar-refractivity contribution is -0.139. The molecule has 4 rings (SSSR count). The summed E-state index contributed by atoms with van der Waals surface area (Å²) in [5.41, 5.74) is -0.595. The van der Waals surface area contributed by atoms with Gasteiger partial charge >= 0.3 is 6.18 Å². The van der Waals surface area contributed by atoms with Gasteiger partial charge in [-0.05, 0) is 30.7 Å². The number of nitrogens with one attached hydrogen (secondary N) is 1. The van der Waals surface area contributed by atoms with Crippen LogP contribution in [0.5, 0.6) is 5.75 Å². The van der Waals surface area contributed by atoms with Crippen molar-refractivity contribution in [1.82, 2.24) is 20.4 Å². The van der Waals surface area contributed by atoms with Crippen LogP contribution in [-0.2, 0) is 11.0 Å². The van der Waals surface area contributed by atoms with E-state index in [0.717, 1.165) is 19.0 Å². The highest BCUT2D eigenvalue weighted by atomic mass is 19.4. The largest absolute Gasteiger partial charge is 0.490 e. The molecule has 1 aromatic carbocycles. The molecule has 0 atom stereocenters. The molecule has 0 unspecified atom stereocenters. The van der Waals surface area contributed by atoms with E-state index in [1.807, 2.05) is 4.90 Å². The third-order valence-electron chi connectivity index (χ3n) is 5.97. The smallest absolute Gasteiger partial charge is 0.419 e. The van der Waals surface area contributed by atoms with Gasteiger partial charge in [0.1, 0.15) is 11.9 Å². The fourth-order valence-electron chi connectivity index (χ4n) is 4.14. The summed E-state index contributed by atoms with van der Waals surface area (Å²) in [6, 6.07) is 8.51. The number of carbonyl (C=O) groups excluding carboxylic acids is 2. The molecule has 0 saturated carbocycles. The predicted octanol–water partition coefficient (Wildman–Crippen LogP) is 2.90. The number of rotatable bonds is 7. The second-order valence-corrected chi connectivity index (χ2v) is 8.32. The number of nitrogens with zero attached hydrogens (tertiary/aromatic N) is 4. The molecule has 0 radical (unpaired) electrons. The van der Waals surface area contributed by atoms with Gasteiger partial charge in [0.05, 0.1) is 5.56 Å². The molecular weight excluding hydrogens is 451 g/mol. The van der Waals surface area contributed by atoms with E-state index in [-0.39, 0.29) is 29.4 Å². The maximum atomic E-state index is 13.2. The lowest BCUT2D eigenvalue weighted by Gasteiger charge is -2.33. The first kappa shape index (κ1) is 23.8. The number of anilines is 1. The van der Waals surface area contributed by atoms with Gasteiger partial charge in [-0.1, -0.05) is 12.1 Å². The van der Waals surface area contributed by atoms with Crippen LogP contribution in [0.25, 0.3) is 0 Å². The van der Waals surface area contributed by atoms with Gasteiger partial charge in [-0.3, -0.25) is 9.59 Å². The van der Waals surface area contributed by atoms with Gasteiger partial charge in [0.25, 0.3) is 5.91 Å². The Hall–Kier alpha value is -3.37. The molecule has 1 N–H and O–H groups in total. The Kier molecular flexibility index (Phi) is 7.18. The molecular formula is C23H26F3N5O3. The first-order chi connectivity index (χ1) is 16.3. The van der Waals surface area contributed by atoms with E-state index >= 15 is 0 Å². The Bertz CT molecular complexity index is 1010. The monoisotopic (exact) mass is 477 g/mol. The normalized spacial score (nSPS) is 17.2. The van der Waals surface area contributed by atoms with Crippen LogP contribution in [0.3, 0.4) is 0 Å². The molecule has 2 saturated heterocycles. The Balaban J connectivity index is 1.25. The van der Waals surface area contributed by atoms with Crippen molar-refractivity contribution in [3.8, 4) is 5.75 Å². The van der Waals surface area contributed by atoms with Gasteiger partial charge in [-0.2, -0.15) is 13.2 Å². The molecule has 2 fully saturated rings. The van der Waals surface area contributed by atoms with E-state index in [1.165, 1.54) is 18.2 Å². The summed E-state index contributed by atoms with van der Waals surface area (Å²) >= 11 is 0. The minimum Gasteiger partial charge on any atom is -0.490 e. The summed E-state index contributed by atoms with van der Waals surface area (Å²) in [5, 5.41) is 10.9. The first-order valence-electron chi connectivity index (χ1n) is 11.3. The van der Waals surface area contributed by atoms with Gasteiger partial charge in [-0.15, -0.1) is 10.2 Å². The van der Waals surface area contributed by atoms with E-state index < -0.39 is 11.7 Å². The number of alkyl halides is 3. The van der Waals surface area contributed by atoms with Crippen molar-refractivity contribution >= 4 is 17.6 Å². The lowest BCUT2D eigenvalue weighted by Crippen LogP contribution is -2.39. The number of amides is 2. The molecule has 3 heterocycles. The van der Waals surface area contributed by atoms with Crippen LogP contribution < -0.4 is 15.0 Å². The van der Waals surface area contributed by atoms with Crippen molar-refractivity contribution in [1.29, 1.82) is 0 Å². The van der Waals surface area contributed by atoms with Crippen LogP contribution in [0.2, 0.25) is 0 Å². The number of aromatic nitrogens is 2. The van der Waals surface area contributed by atoms with Crippen LogP contribution in [0.15, 0.2) is 36.4 Å². The Morgan fingerprint density at radius 2 is 1.85 bits per heavy atom. The zero-order valence-electron chi connectivity index (χ0n) is 18.6. The summed E-state index contributed by atoms with van der Waals surface area (Å²) in [5.74, 6) is 0.185. The number of likely N-dealkylation sites (tertiary alicyclic amines) is 1. The van der Waals surface area contributed by atoms with Crippen molar-refractivity contribution in [3.05, 3.63) is 47.7 Å². The maximum Gasteiger partial charge on any atom is 0.419 e. The van der Waals surface area contributed by atoms with Crippen LogP contribution in [0.1, 0.15) is 41.7 Å². The zero-order valence-corrected chi connectivity index (χ0v) is 18.6. The number of benzene rings is 1. The fourth-order valence-corrected chi connectivity index (χ4v) is 4.14. The molecule has 2 amide bonds. The minimum atomic E-state index is -4.47. The molecule has 34 heavy (non-hydrogen) atoms. The van der Waals surface area contributed by atoms with Crippen molar-refractivity contribution in [2.45, 2.75) is 38.0 Å². The summed E-state index contributed by atoms with van der Waals surface area (Å²) in [4.78, 5) is 27.6. The highest BCUT2D eigenvalue weighted by Crippen LogP contribution is 2.37. The third-order valence-corrected chi connectivity index (χ3v) is 5.97. The average molecular weight is 477 g/mol. The quantitative estimate of drug-likeness (QED) is 0.660. The summed E-state index contributed by atoms with van der Waals surface area (Å²) < 4.78 is 45.2. The second-order valence-electron chi connectivity index (χ2n) is 8.32. The van der Waals surface area contributed by atoms with Gasteiger partial charge < -0.3 is 19.9 Å². The highest BCUT2D eigenvalue weighted by molar-refractivity contribution is 5.92. The van der Waals surface area contributed by atoms with E-state index in [2.05, 4.69) is 15.5 Å². The molecule has 1 aromatic heterocycles. The van der Waals surface area contributed by atoms with E-state index in [1.54, 1.807) is 17.0 Å². The van der Waals surface area contributed by atoms with Crippen LogP contribution in [-0.4, -0.2) is 65.7 Å². The Morgan fingerprint density at radius 1 is 1.09 bits per heavy atom. The van der Waals surface area contributed by atoms with E-state index in [0.29, 0.717) is 51.3 Å².